The number of Topliss-reactive ketones (excluding diaryl/α,β-unsaturated/α-hetero) is 1. The number of urea groups is 1. The van der Waals surface area contributed by atoms with Gasteiger partial charge in [-0.05, 0) is 41.1 Å². The number of carbonyl (C=O) groups is 4. The lowest BCUT2D eigenvalue weighted by Gasteiger charge is -2.31. The maximum atomic E-state index is 12.8. The zero-order valence-electron chi connectivity index (χ0n) is 15.7. The number of allylic oxidation sites excluding steroid dienone is 1. The average molecular weight is 480 g/mol. The van der Waals surface area contributed by atoms with Crippen LogP contribution in [-0.2, 0) is 14.4 Å². The number of benzene rings is 1. The molecule has 1 saturated heterocycles. The maximum absolute atomic E-state index is 12.8. The number of hydrogen-bond donors (Lipinski definition) is 0. The number of rotatable bonds is 4. The SMILES string of the molecule is Cc1nn(-c2ccccc2)c(Cl)c1/C=C(\Br)C(=O)C1C(=O)N(C)C(=O)N(C)C1=O. The molecule has 1 aliphatic heterocycles. The van der Waals surface area contributed by atoms with Gasteiger partial charge in [-0.2, -0.15) is 5.10 Å². The molecule has 1 fully saturated rings. The van der Waals surface area contributed by atoms with E-state index in [1.54, 1.807) is 6.92 Å². The number of halogens is 2. The number of aromatic nitrogens is 2. The monoisotopic (exact) mass is 478 g/mol. The molecule has 150 valence electrons. The molecule has 0 N–H and O–H groups in total. The van der Waals surface area contributed by atoms with Crippen molar-refractivity contribution in [2.24, 2.45) is 5.92 Å². The first kappa shape index (κ1) is 20.9. The third-order valence-electron chi connectivity index (χ3n) is 4.55. The van der Waals surface area contributed by atoms with Gasteiger partial charge in [0.15, 0.2) is 11.7 Å². The number of nitrogens with zero attached hydrogens (tertiary/aromatic N) is 4. The van der Waals surface area contributed by atoms with E-state index in [9.17, 15) is 19.2 Å². The minimum Gasteiger partial charge on any atom is -0.292 e. The van der Waals surface area contributed by atoms with Crippen molar-refractivity contribution in [1.29, 1.82) is 0 Å². The van der Waals surface area contributed by atoms with Crippen LogP contribution < -0.4 is 0 Å². The van der Waals surface area contributed by atoms with Crippen molar-refractivity contribution in [3.63, 3.8) is 0 Å². The van der Waals surface area contributed by atoms with Crippen molar-refractivity contribution >= 4 is 57.2 Å². The minimum atomic E-state index is -1.64. The molecule has 8 nitrogen and oxygen atoms in total. The molecule has 2 heterocycles. The fraction of sp³-hybridized carbons (Fsp3) is 0.211. The number of imide groups is 2. The molecule has 0 aliphatic carbocycles. The Balaban J connectivity index is 1.97. The Morgan fingerprint density at radius 2 is 1.66 bits per heavy atom. The minimum absolute atomic E-state index is 0.0297. The van der Waals surface area contributed by atoms with Crippen molar-refractivity contribution in [3.05, 3.63) is 51.2 Å². The van der Waals surface area contributed by atoms with E-state index in [2.05, 4.69) is 21.0 Å². The second-order valence-electron chi connectivity index (χ2n) is 6.40. The summed E-state index contributed by atoms with van der Waals surface area (Å²) in [6.45, 7) is 1.72. The summed E-state index contributed by atoms with van der Waals surface area (Å²) < 4.78 is 1.49. The van der Waals surface area contributed by atoms with E-state index in [0.29, 0.717) is 11.3 Å². The highest BCUT2D eigenvalue weighted by atomic mass is 79.9. The van der Waals surface area contributed by atoms with E-state index in [0.717, 1.165) is 15.5 Å². The second kappa shape index (κ2) is 7.92. The largest absolute Gasteiger partial charge is 0.332 e. The molecule has 0 radical (unpaired) electrons. The molecule has 0 bridgehead atoms. The van der Waals surface area contributed by atoms with Crippen LogP contribution in [0.25, 0.3) is 11.8 Å². The van der Waals surface area contributed by atoms with E-state index in [1.165, 1.54) is 24.9 Å². The Kier molecular flexibility index (Phi) is 5.72. The number of ketones is 1. The first-order chi connectivity index (χ1) is 13.6. The Morgan fingerprint density at radius 3 is 2.21 bits per heavy atom. The first-order valence-electron chi connectivity index (χ1n) is 8.46. The molecule has 0 unspecified atom stereocenters. The molecule has 0 spiro atoms. The van der Waals surface area contributed by atoms with Crippen LogP contribution >= 0.6 is 27.5 Å². The van der Waals surface area contributed by atoms with Gasteiger partial charge in [-0.3, -0.25) is 24.2 Å². The highest BCUT2D eigenvalue weighted by Crippen LogP contribution is 2.29. The van der Waals surface area contributed by atoms with Gasteiger partial charge >= 0.3 is 6.03 Å². The second-order valence-corrected chi connectivity index (χ2v) is 7.62. The molecule has 0 atom stereocenters. The van der Waals surface area contributed by atoms with Crippen LogP contribution in [0.5, 0.6) is 0 Å². The Labute approximate surface area is 179 Å². The number of aryl methyl sites for hydroxylation is 1. The summed E-state index contributed by atoms with van der Waals surface area (Å²) in [6, 6.07) is 8.41. The zero-order chi connectivity index (χ0) is 21.5. The van der Waals surface area contributed by atoms with Crippen LogP contribution in [0.2, 0.25) is 5.15 Å². The van der Waals surface area contributed by atoms with Gasteiger partial charge < -0.3 is 0 Å². The third kappa shape index (κ3) is 3.63. The topological polar surface area (TPSA) is 92.6 Å². The molecule has 3 rings (SSSR count). The normalized spacial score (nSPS) is 16.0. The summed E-state index contributed by atoms with van der Waals surface area (Å²) in [5.74, 6) is -4.17. The quantitative estimate of drug-likeness (QED) is 0.497. The smallest absolute Gasteiger partial charge is 0.292 e. The van der Waals surface area contributed by atoms with Crippen LogP contribution in [0.15, 0.2) is 34.8 Å². The summed E-state index contributed by atoms with van der Waals surface area (Å²) in [5.41, 5.74) is 1.75. The molecule has 1 aromatic heterocycles. The average Bonchev–Trinajstić information content (AvgIpc) is 2.99. The van der Waals surface area contributed by atoms with Gasteiger partial charge in [0.25, 0.3) is 11.8 Å². The van der Waals surface area contributed by atoms with E-state index in [-0.39, 0.29) is 9.64 Å². The molecule has 0 saturated carbocycles. The fourth-order valence-corrected chi connectivity index (χ4v) is 3.67. The van der Waals surface area contributed by atoms with Crippen molar-refractivity contribution in [3.8, 4) is 5.69 Å². The zero-order valence-corrected chi connectivity index (χ0v) is 18.1. The van der Waals surface area contributed by atoms with Crippen LogP contribution in [0.1, 0.15) is 11.3 Å². The van der Waals surface area contributed by atoms with Gasteiger partial charge in [-0.25, -0.2) is 9.48 Å². The van der Waals surface area contributed by atoms with Gasteiger partial charge in [0.1, 0.15) is 5.15 Å². The number of carbonyl (C=O) groups excluding carboxylic acids is 4. The van der Waals surface area contributed by atoms with E-state index in [1.807, 2.05) is 30.3 Å². The molecule has 2 aromatic rings. The third-order valence-corrected chi connectivity index (χ3v) is 5.53. The summed E-state index contributed by atoms with van der Waals surface area (Å²) in [4.78, 5) is 50.9. The lowest BCUT2D eigenvalue weighted by Crippen LogP contribution is -2.58. The lowest BCUT2D eigenvalue weighted by atomic mass is 9.98. The predicted molar refractivity (Wildman–Crippen MR) is 110 cm³/mol. The lowest BCUT2D eigenvalue weighted by molar-refractivity contribution is -0.150. The van der Waals surface area contributed by atoms with Crippen LogP contribution in [-0.4, -0.2) is 57.3 Å². The number of amides is 4. The highest BCUT2D eigenvalue weighted by molar-refractivity contribution is 9.12. The molecule has 1 aromatic carbocycles. The van der Waals surface area contributed by atoms with Crippen LogP contribution in [0, 0.1) is 12.8 Å². The Hall–Kier alpha value is -2.78. The summed E-state index contributed by atoms with van der Waals surface area (Å²) in [6.07, 6.45) is 1.42. The molecular formula is C19H16BrClN4O4. The van der Waals surface area contributed by atoms with E-state index < -0.39 is 29.5 Å². The Morgan fingerprint density at radius 1 is 1.10 bits per heavy atom. The highest BCUT2D eigenvalue weighted by Gasteiger charge is 2.47. The van der Waals surface area contributed by atoms with Crippen molar-refractivity contribution in [2.75, 3.05) is 14.1 Å². The van der Waals surface area contributed by atoms with Gasteiger partial charge in [-0.15, -0.1) is 0 Å². The molecule has 29 heavy (non-hydrogen) atoms. The van der Waals surface area contributed by atoms with Crippen molar-refractivity contribution < 1.29 is 19.2 Å². The molecular weight excluding hydrogens is 464 g/mol. The van der Waals surface area contributed by atoms with Crippen molar-refractivity contribution in [2.45, 2.75) is 6.92 Å². The Bertz CT molecular complexity index is 1040. The summed E-state index contributed by atoms with van der Waals surface area (Å²) in [5, 5.41) is 4.65. The molecule has 1 aliphatic rings. The van der Waals surface area contributed by atoms with Gasteiger partial charge in [0, 0.05) is 19.7 Å². The molecule has 4 amide bonds. The summed E-state index contributed by atoms with van der Waals surface area (Å²) >= 11 is 9.60. The maximum Gasteiger partial charge on any atom is 0.332 e. The van der Waals surface area contributed by atoms with Crippen molar-refractivity contribution in [1.82, 2.24) is 19.6 Å². The first-order valence-corrected chi connectivity index (χ1v) is 9.63. The van der Waals surface area contributed by atoms with Gasteiger partial charge in [-0.1, -0.05) is 29.8 Å². The fourth-order valence-electron chi connectivity index (χ4n) is 2.88. The number of para-hydroxylation sites is 1. The van der Waals surface area contributed by atoms with Gasteiger partial charge in [0.2, 0.25) is 0 Å². The standard InChI is InChI=1S/C19H16BrClN4O4/c1-10-12(16(21)25(22-10)11-7-5-4-6-8-11)9-13(20)15(26)14-17(27)23(2)19(29)24(3)18(14)28/h4-9,14H,1-3H3/b13-9-. The van der Waals surface area contributed by atoms with Crippen LogP contribution in [0.4, 0.5) is 4.79 Å². The van der Waals surface area contributed by atoms with E-state index >= 15 is 0 Å². The summed E-state index contributed by atoms with van der Waals surface area (Å²) in [7, 11) is 2.44. The van der Waals surface area contributed by atoms with Gasteiger partial charge in [0.05, 0.1) is 15.9 Å². The number of barbiturate groups is 1. The van der Waals surface area contributed by atoms with E-state index in [4.69, 9.17) is 11.6 Å². The predicted octanol–water partition coefficient (Wildman–Crippen LogP) is 2.81. The number of hydrogen-bond acceptors (Lipinski definition) is 5. The van der Waals surface area contributed by atoms with Crippen LogP contribution in [0.3, 0.4) is 0 Å². The molecule has 10 heteroatoms.